The number of rotatable bonds is 2. The topological polar surface area (TPSA) is 43.8 Å². The van der Waals surface area contributed by atoms with E-state index < -0.39 is 6.04 Å². The van der Waals surface area contributed by atoms with E-state index in [1.54, 1.807) is 11.9 Å². The number of para-hydroxylation sites is 1. The van der Waals surface area contributed by atoms with E-state index in [2.05, 4.69) is 6.92 Å². The Kier molecular flexibility index (Phi) is 3.87. The summed E-state index contributed by atoms with van der Waals surface area (Å²) in [5.41, 5.74) is 0.993. The molecule has 0 saturated carbocycles. The minimum Gasteiger partial charge on any atom is -0.394 e. The van der Waals surface area contributed by atoms with Crippen LogP contribution in [0.2, 0.25) is 0 Å². The Balaban J connectivity index is 2.33. The number of benzene rings is 1. The molecule has 98 valence electrons. The van der Waals surface area contributed by atoms with Gasteiger partial charge in [-0.3, -0.25) is 4.79 Å². The molecular formula is C14H20N2O2. The van der Waals surface area contributed by atoms with E-state index in [1.165, 1.54) is 0 Å². The molecule has 0 radical (unpaired) electrons. The molecule has 2 atom stereocenters. The average Bonchev–Trinajstić information content (AvgIpc) is 2.48. The van der Waals surface area contributed by atoms with Gasteiger partial charge in [0.1, 0.15) is 6.04 Å². The average molecular weight is 248 g/mol. The second-order valence-corrected chi connectivity index (χ2v) is 5.01. The van der Waals surface area contributed by atoms with Crippen molar-refractivity contribution in [3.8, 4) is 0 Å². The maximum absolute atomic E-state index is 12.2. The Labute approximate surface area is 108 Å². The molecule has 1 aromatic rings. The van der Waals surface area contributed by atoms with E-state index in [9.17, 15) is 9.90 Å². The van der Waals surface area contributed by atoms with Gasteiger partial charge in [0.15, 0.2) is 0 Å². The van der Waals surface area contributed by atoms with E-state index in [4.69, 9.17) is 0 Å². The summed E-state index contributed by atoms with van der Waals surface area (Å²) in [5.74, 6) is 0.376. The van der Waals surface area contributed by atoms with Gasteiger partial charge in [-0.1, -0.05) is 25.1 Å². The van der Waals surface area contributed by atoms with Gasteiger partial charge in [0.2, 0.25) is 5.91 Å². The first-order valence-electron chi connectivity index (χ1n) is 6.31. The maximum atomic E-state index is 12.2. The number of carbonyl (C=O) groups is 1. The van der Waals surface area contributed by atoms with Crippen LogP contribution in [0.15, 0.2) is 30.3 Å². The Bertz CT molecular complexity index is 408. The molecule has 1 aromatic carbocycles. The summed E-state index contributed by atoms with van der Waals surface area (Å²) in [5, 5.41) is 9.53. The van der Waals surface area contributed by atoms with Crippen LogP contribution in [-0.2, 0) is 4.79 Å². The molecule has 1 aliphatic rings. The highest BCUT2D eigenvalue weighted by molar-refractivity contribution is 5.85. The summed E-state index contributed by atoms with van der Waals surface area (Å²) in [6.07, 6.45) is 0. The Morgan fingerprint density at radius 3 is 2.56 bits per heavy atom. The third kappa shape index (κ3) is 2.48. The monoisotopic (exact) mass is 248 g/mol. The molecule has 1 saturated heterocycles. The first-order chi connectivity index (χ1) is 8.63. The smallest absolute Gasteiger partial charge is 0.247 e. The Hall–Kier alpha value is -1.55. The van der Waals surface area contributed by atoms with E-state index in [-0.39, 0.29) is 12.5 Å². The lowest BCUT2D eigenvalue weighted by Crippen LogP contribution is -2.47. The van der Waals surface area contributed by atoms with Crippen LogP contribution in [0.4, 0.5) is 5.69 Å². The molecule has 18 heavy (non-hydrogen) atoms. The van der Waals surface area contributed by atoms with Crippen LogP contribution >= 0.6 is 0 Å². The summed E-state index contributed by atoms with van der Waals surface area (Å²) in [6, 6.07) is 9.35. The van der Waals surface area contributed by atoms with Crippen LogP contribution in [0.25, 0.3) is 0 Å². The number of amides is 1. The Morgan fingerprint density at radius 2 is 1.94 bits per heavy atom. The van der Waals surface area contributed by atoms with Gasteiger partial charge in [-0.05, 0) is 18.1 Å². The lowest BCUT2D eigenvalue weighted by molar-refractivity contribution is -0.131. The largest absolute Gasteiger partial charge is 0.394 e. The van der Waals surface area contributed by atoms with E-state index in [0.29, 0.717) is 5.92 Å². The van der Waals surface area contributed by atoms with Gasteiger partial charge in [0.05, 0.1) is 6.61 Å². The van der Waals surface area contributed by atoms with Crippen LogP contribution in [0.1, 0.15) is 6.92 Å². The number of nitrogens with zero attached hydrogens (tertiary/aromatic N) is 2. The summed E-state index contributed by atoms with van der Waals surface area (Å²) < 4.78 is 0. The molecular weight excluding hydrogens is 228 g/mol. The van der Waals surface area contributed by atoms with Crippen LogP contribution < -0.4 is 4.90 Å². The highest BCUT2D eigenvalue weighted by Gasteiger charge is 2.33. The molecule has 0 bridgehead atoms. The van der Waals surface area contributed by atoms with E-state index >= 15 is 0 Å². The predicted molar refractivity (Wildman–Crippen MR) is 71.5 cm³/mol. The van der Waals surface area contributed by atoms with Crippen molar-refractivity contribution in [2.45, 2.75) is 13.0 Å². The van der Waals surface area contributed by atoms with Gasteiger partial charge < -0.3 is 14.9 Å². The predicted octanol–water partition coefficient (Wildman–Crippen LogP) is 0.962. The van der Waals surface area contributed by atoms with E-state index in [1.807, 2.05) is 35.2 Å². The molecule has 1 N–H and O–H groups in total. The lowest BCUT2D eigenvalue weighted by atomic mass is 10.1. The number of anilines is 1. The summed E-state index contributed by atoms with van der Waals surface area (Å²) in [7, 11) is 1.80. The van der Waals surface area contributed by atoms with Gasteiger partial charge in [-0.2, -0.15) is 0 Å². The van der Waals surface area contributed by atoms with Gasteiger partial charge >= 0.3 is 0 Å². The second-order valence-electron chi connectivity index (χ2n) is 5.01. The van der Waals surface area contributed by atoms with Crippen molar-refractivity contribution in [2.75, 3.05) is 31.6 Å². The third-order valence-corrected chi connectivity index (χ3v) is 3.39. The van der Waals surface area contributed by atoms with Gasteiger partial charge in [0, 0.05) is 25.8 Å². The molecule has 4 heteroatoms. The zero-order valence-electron chi connectivity index (χ0n) is 10.9. The highest BCUT2D eigenvalue weighted by atomic mass is 16.3. The van der Waals surface area contributed by atoms with E-state index in [0.717, 1.165) is 18.8 Å². The molecule has 2 unspecified atom stereocenters. The fourth-order valence-corrected chi connectivity index (χ4v) is 2.55. The molecule has 0 aromatic heterocycles. The van der Waals surface area contributed by atoms with Crippen molar-refractivity contribution < 1.29 is 9.90 Å². The molecule has 1 fully saturated rings. The van der Waals surface area contributed by atoms with Crippen molar-refractivity contribution in [1.29, 1.82) is 0 Å². The maximum Gasteiger partial charge on any atom is 0.247 e. The minimum absolute atomic E-state index is 0.00861. The lowest BCUT2D eigenvalue weighted by Gasteiger charge is -2.30. The SMILES string of the molecule is CC1CN(C)C(=O)C(CO)N(c2ccccc2)C1. The molecule has 1 amide bonds. The molecule has 0 aliphatic carbocycles. The van der Waals surface area contributed by atoms with Gasteiger partial charge in [0.25, 0.3) is 0 Å². The number of hydrogen-bond donors (Lipinski definition) is 1. The van der Waals surface area contributed by atoms with Gasteiger partial charge in [-0.25, -0.2) is 0 Å². The first-order valence-corrected chi connectivity index (χ1v) is 6.31. The van der Waals surface area contributed by atoms with Crippen molar-refractivity contribution in [3.05, 3.63) is 30.3 Å². The zero-order chi connectivity index (χ0) is 13.1. The molecule has 0 spiro atoms. The summed E-state index contributed by atoms with van der Waals surface area (Å²) in [6.45, 7) is 3.49. The standard InChI is InChI=1S/C14H20N2O2/c1-11-8-15(2)14(18)13(10-17)16(9-11)12-6-4-3-5-7-12/h3-7,11,13,17H,8-10H2,1-2H3. The third-order valence-electron chi connectivity index (χ3n) is 3.39. The number of carbonyl (C=O) groups excluding carboxylic acids is 1. The van der Waals surface area contributed by atoms with Crippen molar-refractivity contribution >= 4 is 11.6 Å². The normalized spacial score (nSPS) is 25.2. The highest BCUT2D eigenvalue weighted by Crippen LogP contribution is 2.22. The fourth-order valence-electron chi connectivity index (χ4n) is 2.55. The van der Waals surface area contributed by atoms with Gasteiger partial charge in [-0.15, -0.1) is 0 Å². The summed E-state index contributed by atoms with van der Waals surface area (Å²) >= 11 is 0. The summed E-state index contributed by atoms with van der Waals surface area (Å²) in [4.78, 5) is 16.0. The Morgan fingerprint density at radius 1 is 1.28 bits per heavy atom. The van der Waals surface area contributed by atoms with Crippen LogP contribution in [0, 0.1) is 5.92 Å². The molecule has 1 heterocycles. The minimum atomic E-state index is -0.470. The quantitative estimate of drug-likeness (QED) is 0.848. The fraction of sp³-hybridized carbons (Fsp3) is 0.500. The van der Waals surface area contributed by atoms with Crippen LogP contribution in [0.5, 0.6) is 0 Å². The molecule has 1 aliphatic heterocycles. The first kappa shape index (κ1) is 12.9. The number of aliphatic hydroxyl groups is 1. The van der Waals surface area contributed by atoms with Crippen molar-refractivity contribution in [1.82, 2.24) is 4.90 Å². The van der Waals surface area contributed by atoms with Crippen molar-refractivity contribution in [3.63, 3.8) is 0 Å². The van der Waals surface area contributed by atoms with Crippen LogP contribution in [-0.4, -0.2) is 48.7 Å². The zero-order valence-corrected chi connectivity index (χ0v) is 10.9. The number of hydrogen-bond acceptors (Lipinski definition) is 3. The van der Waals surface area contributed by atoms with Crippen molar-refractivity contribution in [2.24, 2.45) is 5.92 Å². The van der Waals surface area contributed by atoms with Crippen LogP contribution in [0.3, 0.4) is 0 Å². The molecule has 4 nitrogen and oxygen atoms in total. The number of aliphatic hydroxyl groups excluding tert-OH is 1. The molecule has 2 rings (SSSR count). The second kappa shape index (κ2) is 5.40. The number of likely N-dealkylation sites (N-methyl/N-ethyl adjacent to an activating group) is 1.